The van der Waals surface area contributed by atoms with Gasteiger partial charge in [-0.2, -0.15) is 0 Å². The first kappa shape index (κ1) is 11.7. The molecule has 2 N–H and O–H groups in total. The molecule has 2 unspecified atom stereocenters. The van der Waals surface area contributed by atoms with Crippen LogP contribution in [0.15, 0.2) is 0 Å². The molecule has 4 heteroatoms. The van der Waals surface area contributed by atoms with E-state index in [1.165, 1.54) is 0 Å². The topological polar surface area (TPSA) is 55.6 Å². The van der Waals surface area contributed by atoms with Gasteiger partial charge < -0.3 is 15.4 Å². The first-order chi connectivity index (χ1) is 7.72. The average molecular weight is 226 g/mol. The van der Waals surface area contributed by atoms with Crippen molar-refractivity contribution >= 4 is 6.09 Å². The number of hydrogen-bond donors (Lipinski definition) is 1. The number of ether oxygens (including phenoxy) is 1. The molecule has 0 aromatic heterocycles. The van der Waals surface area contributed by atoms with Crippen molar-refractivity contribution in [3.05, 3.63) is 0 Å². The predicted octanol–water partition coefficient (Wildman–Crippen LogP) is 1.88. The number of piperidine rings is 1. The van der Waals surface area contributed by atoms with E-state index in [2.05, 4.69) is 6.92 Å². The first-order valence-electron chi connectivity index (χ1n) is 6.43. The number of unbranched alkanes of at least 4 members (excludes halogenated alkanes) is 1. The van der Waals surface area contributed by atoms with E-state index < -0.39 is 0 Å². The summed E-state index contributed by atoms with van der Waals surface area (Å²) in [6.45, 7) is 2.65. The summed E-state index contributed by atoms with van der Waals surface area (Å²) in [5.74, 6) is 0. The summed E-state index contributed by atoms with van der Waals surface area (Å²) in [4.78, 5) is 13.8. The molecular formula is C12H22N2O2. The number of carbonyl (C=O) groups excluding carboxylic acids is 1. The zero-order chi connectivity index (χ0) is 11.5. The molecule has 2 rings (SSSR count). The van der Waals surface area contributed by atoms with Gasteiger partial charge >= 0.3 is 6.09 Å². The van der Waals surface area contributed by atoms with Crippen molar-refractivity contribution in [1.82, 2.24) is 4.90 Å². The minimum absolute atomic E-state index is 0.118. The highest BCUT2D eigenvalue weighted by Gasteiger charge is 2.42. The Kier molecular flexibility index (Phi) is 3.69. The standard InChI is InChI=1S/C12H22N2O2/c1-2-3-6-16-12(15)14-10-4-5-11(14)8-9(13)7-10/h9-11H,2-8,13H2,1H3. The zero-order valence-electron chi connectivity index (χ0n) is 10.0. The molecule has 92 valence electrons. The molecular weight excluding hydrogens is 204 g/mol. The molecule has 0 radical (unpaired) electrons. The summed E-state index contributed by atoms with van der Waals surface area (Å²) in [6.07, 6.45) is 5.98. The first-order valence-corrected chi connectivity index (χ1v) is 6.43. The Balaban J connectivity index is 1.87. The van der Waals surface area contributed by atoms with Crippen molar-refractivity contribution in [3.8, 4) is 0 Å². The Labute approximate surface area is 97.1 Å². The Bertz CT molecular complexity index is 243. The van der Waals surface area contributed by atoms with Crippen LogP contribution in [0, 0.1) is 0 Å². The third-order valence-electron chi connectivity index (χ3n) is 3.70. The molecule has 2 aliphatic rings. The van der Waals surface area contributed by atoms with Crippen LogP contribution in [-0.4, -0.2) is 35.7 Å². The lowest BCUT2D eigenvalue weighted by Gasteiger charge is -2.36. The number of hydrogen-bond acceptors (Lipinski definition) is 3. The molecule has 4 nitrogen and oxygen atoms in total. The minimum atomic E-state index is -0.118. The van der Waals surface area contributed by atoms with Crippen LogP contribution in [0.3, 0.4) is 0 Å². The Morgan fingerprint density at radius 2 is 2.00 bits per heavy atom. The van der Waals surface area contributed by atoms with E-state index in [9.17, 15) is 4.79 Å². The predicted molar refractivity (Wildman–Crippen MR) is 62.1 cm³/mol. The van der Waals surface area contributed by atoms with Gasteiger partial charge in [0.05, 0.1) is 6.61 Å². The molecule has 0 saturated carbocycles. The lowest BCUT2D eigenvalue weighted by atomic mass is 9.99. The number of amides is 1. The van der Waals surface area contributed by atoms with Crippen LogP contribution in [0.1, 0.15) is 45.4 Å². The van der Waals surface area contributed by atoms with Crippen molar-refractivity contribution in [1.29, 1.82) is 0 Å². The number of carbonyl (C=O) groups is 1. The Morgan fingerprint density at radius 3 is 2.56 bits per heavy atom. The number of fused-ring (bicyclic) bond motifs is 2. The smallest absolute Gasteiger partial charge is 0.410 e. The molecule has 0 aliphatic carbocycles. The van der Waals surface area contributed by atoms with E-state index in [0.29, 0.717) is 18.7 Å². The van der Waals surface area contributed by atoms with Gasteiger partial charge in [0.1, 0.15) is 0 Å². The number of rotatable bonds is 3. The van der Waals surface area contributed by atoms with Gasteiger partial charge in [-0.15, -0.1) is 0 Å². The summed E-state index contributed by atoms with van der Waals surface area (Å²) in [6, 6.07) is 0.947. The quantitative estimate of drug-likeness (QED) is 0.747. The lowest BCUT2D eigenvalue weighted by molar-refractivity contribution is 0.0654. The second kappa shape index (κ2) is 5.04. The largest absolute Gasteiger partial charge is 0.449 e. The van der Waals surface area contributed by atoms with E-state index in [-0.39, 0.29) is 12.1 Å². The molecule has 2 saturated heterocycles. The van der Waals surface area contributed by atoms with Crippen molar-refractivity contribution in [2.75, 3.05) is 6.61 Å². The number of nitrogens with zero attached hydrogens (tertiary/aromatic N) is 1. The van der Waals surface area contributed by atoms with Crippen LogP contribution in [0.4, 0.5) is 4.79 Å². The second-order valence-electron chi connectivity index (χ2n) is 4.99. The molecule has 2 heterocycles. The van der Waals surface area contributed by atoms with Crippen molar-refractivity contribution < 1.29 is 9.53 Å². The highest BCUT2D eigenvalue weighted by molar-refractivity contribution is 5.69. The van der Waals surface area contributed by atoms with E-state index in [0.717, 1.165) is 38.5 Å². The van der Waals surface area contributed by atoms with E-state index in [4.69, 9.17) is 10.5 Å². The minimum Gasteiger partial charge on any atom is -0.449 e. The fourth-order valence-electron chi connectivity index (χ4n) is 2.90. The zero-order valence-corrected chi connectivity index (χ0v) is 10.0. The SMILES string of the molecule is CCCCOC(=O)N1C2CCC1CC(N)C2. The summed E-state index contributed by atoms with van der Waals surface area (Å²) in [5.41, 5.74) is 5.96. The molecule has 16 heavy (non-hydrogen) atoms. The van der Waals surface area contributed by atoms with Gasteiger partial charge in [0, 0.05) is 18.1 Å². The lowest BCUT2D eigenvalue weighted by Crippen LogP contribution is -2.50. The molecule has 0 spiro atoms. The maximum absolute atomic E-state index is 11.9. The second-order valence-corrected chi connectivity index (χ2v) is 4.99. The van der Waals surface area contributed by atoms with Gasteiger partial charge in [0.15, 0.2) is 0 Å². The van der Waals surface area contributed by atoms with Gasteiger partial charge in [0.2, 0.25) is 0 Å². The van der Waals surface area contributed by atoms with Crippen LogP contribution >= 0.6 is 0 Å². The highest BCUT2D eigenvalue weighted by Crippen LogP contribution is 2.35. The molecule has 1 amide bonds. The van der Waals surface area contributed by atoms with Crippen molar-refractivity contribution in [3.63, 3.8) is 0 Å². The number of nitrogens with two attached hydrogens (primary N) is 1. The summed E-state index contributed by atoms with van der Waals surface area (Å²) in [7, 11) is 0. The van der Waals surface area contributed by atoms with Crippen LogP contribution in [0.5, 0.6) is 0 Å². The molecule has 2 atom stereocenters. The van der Waals surface area contributed by atoms with E-state index >= 15 is 0 Å². The Hall–Kier alpha value is -0.770. The van der Waals surface area contributed by atoms with Gasteiger partial charge in [-0.1, -0.05) is 13.3 Å². The van der Waals surface area contributed by atoms with E-state index in [1.54, 1.807) is 0 Å². The van der Waals surface area contributed by atoms with Crippen LogP contribution in [0.25, 0.3) is 0 Å². The highest BCUT2D eigenvalue weighted by atomic mass is 16.6. The van der Waals surface area contributed by atoms with Crippen molar-refractivity contribution in [2.45, 2.75) is 63.6 Å². The van der Waals surface area contributed by atoms with Crippen molar-refractivity contribution in [2.24, 2.45) is 5.73 Å². The summed E-state index contributed by atoms with van der Waals surface area (Å²) in [5, 5.41) is 0. The van der Waals surface area contributed by atoms with Gasteiger partial charge in [-0.25, -0.2) is 4.79 Å². The fourth-order valence-corrected chi connectivity index (χ4v) is 2.90. The third-order valence-corrected chi connectivity index (χ3v) is 3.70. The molecule has 0 aromatic rings. The average Bonchev–Trinajstić information content (AvgIpc) is 2.52. The summed E-state index contributed by atoms with van der Waals surface area (Å²) >= 11 is 0. The van der Waals surface area contributed by atoms with Crippen LogP contribution in [-0.2, 0) is 4.74 Å². The molecule has 2 fully saturated rings. The molecule has 0 aromatic carbocycles. The Morgan fingerprint density at radius 1 is 1.38 bits per heavy atom. The fraction of sp³-hybridized carbons (Fsp3) is 0.917. The van der Waals surface area contributed by atoms with E-state index in [1.807, 2.05) is 4.90 Å². The normalized spacial score (nSPS) is 32.9. The summed E-state index contributed by atoms with van der Waals surface area (Å²) < 4.78 is 5.28. The van der Waals surface area contributed by atoms with Gasteiger partial charge in [-0.05, 0) is 32.1 Å². The third kappa shape index (κ3) is 2.32. The van der Waals surface area contributed by atoms with Crippen LogP contribution < -0.4 is 5.73 Å². The maximum atomic E-state index is 11.9. The molecule has 2 bridgehead atoms. The monoisotopic (exact) mass is 226 g/mol. The van der Waals surface area contributed by atoms with Gasteiger partial charge in [-0.3, -0.25) is 0 Å². The molecule has 2 aliphatic heterocycles. The maximum Gasteiger partial charge on any atom is 0.410 e. The van der Waals surface area contributed by atoms with Gasteiger partial charge in [0.25, 0.3) is 0 Å². The van der Waals surface area contributed by atoms with Crippen LogP contribution in [0.2, 0.25) is 0 Å².